The molecule has 4 N–H and O–H groups in total. The minimum Gasteiger partial charge on any atom is -0.507 e. The first-order valence-electron chi connectivity index (χ1n) is 10.2. The summed E-state index contributed by atoms with van der Waals surface area (Å²) in [7, 11) is 0. The summed E-state index contributed by atoms with van der Waals surface area (Å²) in [6.07, 6.45) is 0. The van der Waals surface area contributed by atoms with Gasteiger partial charge in [0.2, 0.25) is 0 Å². The van der Waals surface area contributed by atoms with E-state index in [0.29, 0.717) is 24.0 Å². The smallest absolute Gasteiger partial charge is 0.259 e. The van der Waals surface area contributed by atoms with Gasteiger partial charge in [0.15, 0.2) is 6.61 Å². The molecule has 0 spiro atoms. The van der Waals surface area contributed by atoms with Gasteiger partial charge in [-0.15, -0.1) is 0 Å². The van der Waals surface area contributed by atoms with E-state index in [4.69, 9.17) is 4.74 Å². The van der Waals surface area contributed by atoms with Crippen molar-refractivity contribution >= 4 is 29.1 Å². The molecule has 0 heterocycles. The monoisotopic (exact) mass is 469 g/mol. The van der Waals surface area contributed by atoms with Crippen LogP contribution in [-0.2, 0) is 4.79 Å². The van der Waals surface area contributed by atoms with Gasteiger partial charge >= 0.3 is 0 Å². The Bertz CT molecular complexity index is 1210. The highest BCUT2D eigenvalue weighted by Crippen LogP contribution is 2.25. The van der Waals surface area contributed by atoms with E-state index in [-0.39, 0.29) is 29.3 Å². The topological polar surface area (TPSA) is 117 Å². The minimum atomic E-state index is -0.904. The van der Waals surface area contributed by atoms with Crippen LogP contribution >= 0.6 is 0 Å². The Hall–Kier alpha value is -4.47. The molecule has 0 atom stereocenters. The van der Waals surface area contributed by atoms with Crippen LogP contribution < -0.4 is 20.7 Å². The second kappa shape index (κ2) is 10.9. The number of phenolic OH excluding ortho intramolecular Hbond substituents is 1. The third-order valence-electron chi connectivity index (χ3n) is 4.46. The number of carbonyl (C=O) groups excluding carboxylic acids is 3. The minimum absolute atomic E-state index is 0.0801. The predicted octanol–water partition coefficient (Wildman–Crippen LogP) is 3.69. The van der Waals surface area contributed by atoms with Crippen LogP contribution in [0.1, 0.15) is 27.6 Å². The number of anilines is 2. The Balaban J connectivity index is 1.65. The average Bonchev–Trinajstić information content (AvgIpc) is 2.77. The second-order valence-corrected chi connectivity index (χ2v) is 7.07. The van der Waals surface area contributed by atoms with E-state index < -0.39 is 29.2 Å². The summed E-state index contributed by atoms with van der Waals surface area (Å²) in [4.78, 5) is 36.3. The van der Waals surface area contributed by atoms with Gasteiger partial charge in [-0.25, -0.2) is 8.78 Å². The SMILES string of the molecule is CCNC(=O)COc1cccc(NC(=O)c2ccc(NC(=O)c3cc(F)cc(F)c3)cc2O)c1. The van der Waals surface area contributed by atoms with Crippen LogP contribution in [0.4, 0.5) is 20.2 Å². The Kier molecular flexibility index (Phi) is 7.75. The summed E-state index contributed by atoms with van der Waals surface area (Å²) in [5, 5.41) is 17.9. The normalized spacial score (nSPS) is 10.3. The molecule has 0 aliphatic carbocycles. The van der Waals surface area contributed by atoms with Crippen molar-refractivity contribution in [3.8, 4) is 11.5 Å². The van der Waals surface area contributed by atoms with E-state index in [0.717, 1.165) is 18.2 Å². The van der Waals surface area contributed by atoms with Crippen LogP contribution in [0.3, 0.4) is 0 Å². The molecule has 8 nitrogen and oxygen atoms in total. The molecule has 0 aliphatic rings. The number of aromatic hydroxyl groups is 1. The molecule has 34 heavy (non-hydrogen) atoms. The second-order valence-electron chi connectivity index (χ2n) is 7.07. The summed E-state index contributed by atoms with van der Waals surface area (Å²) in [6.45, 7) is 2.09. The molecule has 0 saturated carbocycles. The van der Waals surface area contributed by atoms with Gasteiger partial charge in [-0.2, -0.15) is 0 Å². The number of hydrogen-bond acceptors (Lipinski definition) is 5. The fraction of sp³-hybridized carbons (Fsp3) is 0.125. The van der Waals surface area contributed by atoms with Gasteiger partial charge in [-0.3, -0.25) is 14.4 Å². The fourth-order valence-electron chi connectivity index (χ4n) is 2.95. The number of likely N-dealkylation sites (N-methyl/N-ethyl adjacent to an activating group) is 1. The van der Waals surface area contributed by atoms with Crippen LogP contribution in [0.2, 0.25) is 0 Å². The van der Waals surface area contributed by atoms with Crippen LogP contribution in [-0.4, -0.2) is 36.0 Å². The van der Waals surface area contributed by atoms with Crippen molar-refractivity contribution in [3.05, 3.63) is 83.4 Å². The number of amides is 3. The van der Waals surface area contributed by atoms with E-state index in [1.165, 1.54) is 18.2 Å². The van der Waals surface area contributed by atoms with Crippen LogP contribution in [0.5, 0.6) is 11.5 Å². The first-order valence-corrected chi connectivity index (χ1v) is 10.2. The van der Waals surface area contributed by atoms with Gasteiger partial charge in [-0.05, 0) is 43.3 Å². The zero-order valence-electron chi connectivity index (χ0n) is 18.0. The Labute approximate surface area is 193 Å². The number of carbonyl (C=O) groups is 3. The number of hydrogen-bond donors (Lipinski definition) is 4. The van der Waals surface area contributed by atoms with Crippen LogP contribution in [0.15, 0.2) is 60.7 Å². The maximum absolute atomic E-state index is 13.3. The molecular weight excluding hydrogens is 448 g/mol. The molecule has 0 bridgehead atoms. The predicted molar refractivity (Wildman–Crippen MR) is 121 cm³/mol. The maximum atomic E-state index is 13.3. The van der Waals surface area contributed by atoms with Crippen molar-refractivity contribution < 1.29 is 33.0 Å². The maximum Gasteiger partial charge on any atom is 0.259 e. The number of benzene rings is 3. The van der Waals surface area contributed by atoms with Crippen LogP contribution in [0, 0.1) is 11.6 Å². The quantitative estimate of drug-likeness (QED) is 0.402. The molecule has 176 valence electrons. The molecule has 0 aliphatic heterocycles. The van der Waals surface area contributed by atoms with E-state index in [1.54, 1.807) is 25.1 Å². The van der Waals surface area contributed by atoms with Crippen molar-refractivity contribution in [2.45, 2.75) is 6.92 Å². The molecular formula is C24H21F2N3O5. The summed E-state index contributed by atoms with van der Waals surface area (Å²) < 4.78 is 32.0. The van der Waals surface area contributed by atoms with Gasteiger partial charge in [0.05, 0.1) is 5.56 Å². The van der Waals surface area contributed by atoms with Crippen molar-refractivity contribution in [1.29, 1.82) is 0 Å². The summed E-state index contributed by atoms with van der Waals surface area (Å²) in [6, 6.07) is 12.5. The summed E-state index contributed by atoms with van der Waals surface area (Å²) in [5.74, 6) is -3.58. The number of nitrogens with one attached hydrogen (secondary N) is 3. The highest BCUT2D eigenvalue weighted by molar-refractivity contribution is 6.08. The van der Waals surface area contributed by atoms with E-state index in [1.807, 2.05) is 0 Å². The Morgan fingerprint density at radius 2 is 1.56 bits per heavy atom. The highest BCUT2D eigenvalue weighted by Gasteiger charge is 2.15. The molecule has 0 radical (unpaired) electrons. The molecule has 3 amide bonds. The van der Waals surface area contributed by atoms with Crippen molar-refractivity contribution in [3.63, 3.8) is 0 Å². The zero-order chi connectivity index (χ0) is 24.7. The lowest BCUT2D eigenvalue weighted by Gasteiger charge is -2.11. The molecule has 0 fully saturated rings. The van der Waals surface area contributed by atoms with Crippen molar-refractivity contribution in [2.75, 3.05) is 23.8 Å². The number of halogens is 2. The van der Waals surface area contributed by atoms with Gasteiger partial charge in [0.25, 0.3) is 17.7 Å². The molecule has 3 aromatic rings. The fourth-order valence-corrected chi connectivity index (χ4v) is 2.95. The summed E-state index contributed by atoms with van der Waals surface area (Å²) >= 11 is 0. The largest absolute Gasteiger partial charge is 0.507 e. The van der Waals surface area contributed by atoms with Gasteiger partial charge in [0, 0.05) is 41.7 Å². The number of rotatable bonds is 8. The Morgan fingerprint density at radius 1 is 0.882 bits per heavy atom. The van der Waals surface area contributed by atoms with Crippen molar-refractivity contribution in [2.24, 2.45) is 0 Å². The third-order valence-corrected chi connectivity index (χ3v) is 4.46. The molecule has 0 unspecified atom stereocenters. The standard InChI is InChI=1S/C24H21F2N3O5/c1-2-27-22(31)13-34-19-5-3-4-17(11-19)29-24(33)20-7-6-18(12-21(20)30)28-23(32)14-8-15(25)10-16(26)9-14/h3-12,30H,2,13H2,1H3,(H,27,31)(H,28,32)(H,29,33). The zero-order valence-corrected chi connectivity index (χ0v) is 18.0. The van der Waals surface area contributed by atoms with Gasteiger partial charge in [0.1, 0.15) is 23.1 Å². The van der Waals surface area contributed by atoms with E-state index in [2.05, 4.69) is 16.0 Å². The van der Waals surface area contributed by atoms with Crippen molar-refractivity contribution in [1.82, 2.24) is 5.32 Å². The molecule has 3 aromatic carbocycles. The number of phenols is 1. The third kappa shape index (κ3) is 6.52. The first-order chi connectivity index (χ1) is 16.2. The van der Waals surface area contributed by atoms with Gasteiger partial charge < -0.3 is 25.8 Å². The lowest BCUT2D eigenvalue weighted by molar-refractivity contribution is -0.122. The average molecular weight is 469 g/mol. The lowest BCUT2D eigenvalue weighted by atomic mass is 10.1. The Morgan fingerprint density at radius 3 is 2.24 bits per heavy atom. The van der Waals surface area contributed by atoms with Crippen LogP contribution in [0.25, 0.3) is 0 Å². The molecule has 10 heteroatoms. The summed E-state index contributed by atoms with van der Waals surface area (Å²) in [5.41, 5.74) is 0.157. The number of ether oxygens (including phenoxy) is 1. The van der Waals surface area contributed by atoms with E-state index >= 15 is 0 Å². The first kappa shape index (κ1) is 24.2. The molecule has 0 aromatic heterocycles. The molecule has 3 rings (SSSR count). The highest BCUT2D eigenvalue weighted by atomic mass is 19.1. The van der Waals surface area contributed by atoms with Gasteiger partial charge in [-0.1, -0.05) is 6.07 Å². The lowest BCUT2D eigenvalue weighted by Crippen LogP contribution is -2.28. The molecule has 0 saturated heterocycles. The van der Waals surface area contributed by atoms with E-state index in [9.17, 15) is 28.3 Å².